The number of benzene rings is 1. The summed E-state index contributed by atoms with van der Waals surface area (Å²) in [5, 5.41) is 5.49. The third-order valence-corrected chi connectivity index (χ3v) is 5.79. The van der Waals surface area contributed by atoms with E-state index >= 15 is 0 Å². The largest absolute Gasteiger partial charge is 0.494 e. The van der Waals surface area contributed by atoms with Crippen molar-refractivity contribution in [1.29, 1.82) is 0 Å². The predicted octanol–water partition coefficient (Wildman–Crippen LogP) is 3.63. The molecule has 0 aliphatic carbocycles. The number of anilines is 1. The summed E-state index contributed by atoms with van der Waals surface area (Å²) in [6.45, 7) is 3.09. The van der Waals surface area contributed by atoms with E-state index in [0.29, 0.717) is 40.2 Å². The Labute approximate surface area is 179 Å². The van der Waals surface area contributed by atoms with Crippen molar-refractivity contribution in [3.8, 4) is 5.75 Å². The van der Waals surface area contributed by atoms with E-state index in [-0.39, 0.29) is 18.3 Å². The van der Waals surface area contributed by atoms with E-state index in [1.54, 1.807) is 34.9 Å². The van der Waals surface area contributed by atoms with Crippen molar-refractivity contribution in [2.45, 2.75) is 6.92 Å². The van der Waals surface area contributed by atoms with Gasteiger partial charge in [0, 0.05) is 25.8 Å². The van der Waals surface area contributed by atoms with E-state index in [1.807, 2.05) is 33.0 Å². The second-order valence-electron chi connectivity index (χ2n) is 6.48. The third-order valence-electron chi connectivity index (χ3n) is 4.25. The molecule has 3 rings (SSSR count). The number of amides is 1. The number of carbonyl (C=O) groups is 1. The average molecular weight is 444 g/mol. The maximum absolute atomic E-state index is 13.2. The van der Waals surface area contributed by atoms with Crippen LogP contribution in [-0.4, -0.2) is 59.9 Å². The number of carbonyl (C=O) groups excluding carboxylic acids is 1. The number of hydrogen-bond donors (Lipinski definition) is 0. The maximum atomic E-state index is 13.2. The highest BCUT2D eigenvalue weighted by Gasteiger charge is 2.25. The van der Waals surface area contributed by atoms with E-state index < -0.39 is 0 Å². The lowest BCUT2D eigenvalue weighted by atomic mass is 10.3. The number of aryl methyl sites for hydroxylation is 2. The minimum Gasteiger partial charge on any atom is -0.494 e. The highest BCUT2D eigenvalue weighted by molar-refractivity contribution is 7.23. The molecule has 0 spiro atoms. The van der Waals surface area contributed by atoms with Crippen molar-refractivity contribution in [2.75, 3.05) is 39.2 Å². The van der Waals surface area contributed by atoms with Crippen molar-refractivity contribution < 1.29 is 9.53 Å². The fourth-order valence-electron chi connectivity index (χ4n) is 2.61. The molecule has 0 saturated heterocycles. The molecule has 0 aliphatic rings. The summed E-state index contributed by atoms with van der Waals surface area (Å²) in [6.07, 6.45) is 0. The molecular formula is C18H23Cl2N5O2S. The Morgan fingerprint density at radius 2 is 2.04 bits per heavy atom. The van der Waals surface area contributed by atoms with Gasteiger partial charge >= 0.3 is 0 Å². The number of thiazole rings is 1. The molecule has 0 atom stereocenters. The minimum atomic E-state index is -0.185. The Balaban J connectivity index is 0.00000280. The molecule has 7 nitrogen and oxygen atoms in total. The van der Waals surface area contributed by atoms with Crippen LogP contribution in [0, 0.1) is 6.92 Å². The summed E-state index contributed by atoms with van der Waals surface area (Å²) in [5.74, 6) is 0.445. The molecule has 0 radical (unpaired) electrons. The van der Waals surface area contributed by atoms with Crippen molar-refractivity contribution in [3.05, 3.63) is 34.6 Å². The summed E-state index contributed by atoms with van der Waals surface area (Å²) in [4.78, 5) is 21.5. The number of likely N-dealkylation sites (N-methyl/N-ethyl adjacent to an activating group) is 1. The van der Waals surface area contributed by atoms with Crippen molar-refractivity contribution in [2.24, 2.45) is 7.05 Å². The lowest BCUT2D eigenvalue weighted by Crippen LogP contribution is -2.37. The number of fused-ring (bicyclic) bond motifs is 1. The molecule has 1 amide bonds. The normalized spacial score (nSPS) is 11.0. The Hall–Kier alpha value is -1.87. The van der Waals surface area contributed by atoms with Crippen molar-refractivity contribution in [3.63, 3.8) is 0 Å². The van der Waals surface area contributed by atoms with Gasteiger partial charge in [-0.25, -0.2) is 4.98 Å². The van der Waals surface area contributed by atoms with Crippen LogP contribution in [0.15, 0.2) is 18.2 Å². The smallest absolute Gasteiger partial charge is 0.280 e. The minimum absolute atomic E-state index is 0. The number of methoxy groups -OCH3 is 1. The van der Waals surface area contributed by atoms with Gasteiger partial charge in [0.2, 0.25) is 0 Å². The highest BCUT2D eigenvalue weighted by Crippen LogP contribution is 2.39. The Kier molecular flexibility index (Phi) is 7.28. The molecule has 28 heavy (non-hydrogen) atoms. The molecular weight excluding hydrogens is 421 g/mol. The molecule has 1 aromatic carbocycles. The van der Waals surface area contributed by atoms with Crippen LogP contribution in [0.1, 0.15) is 16.2 Å². The van der Waals surface area contributed by atoms with Crippen LogP contribution < -0.4 is 9.64 Å². The summed E-state index contributed by atoms with van der Waals surface area (Å²) in [5.41, 5.74) is 1.97. The number of halogens is 2. The van der Waals surface area contributed by atoms with E-state index in [4.69, 9.17) is 16.3 Å². The van der Waals surface area contributed by atoms with Gasteiger partial charge in [-0.1, -0.05) is 22.9 Å². The lowest BCUT2D eigenvalue weighted by Gasteiger charge is -2.21. The van der Waals surface area contributed by atoms with Gasteiger partial charge in [0.25, 0.3) is 5.91 Å². The molecule has 0 fully saturated rings. The quantitative estimate of drug-likeness (QED) is 0.581. The van der Waals surface area contributed by atoms with Crippen LogP contribution in [0.2, 0.25) is 5.02 Å². The molecule has 0 N–H and O–H groups in total. The van der Waals surface area contributed by atoms with Gasteiger partial charge in [-0.2, -0.15) is 5.10 Å². The predicted molar refractivity (Wildman–Crippen MR) is 117 cm³/mol. The number of nitrogens with zero attached hydrogens (tertiary/aromatic N) is 5. The van der Waals surface area contributed by atoms with Crippen LogP contribution in [-0.2, 0) is 7.05 Å². The molecule has 0 saturated carbocycles. The Morgan fingerprint density at radius 3 is 2.61 bits per heavy atom. The molecule has 3 aromatic rings. The van der Waals surface area contributed by atoms with Crippen molar-refractivity contribution >= 4 is 56.6 Å². The maximum Gasteiger partial charge on any atom is 0.280 e. The SMILES string of the molecule is COc1ccc(Cl)c2sc(N(CCN(C)C)C(=O)c3cc(C)n(C)n3)nc12.Cl. The zero-order valence-corrected chi connectivity index (χ0v) is 18.8. The van der Waals surface area contributed by atoms with Gasteiger partial charge < -0.3 is 9.64 Å². The molecule has 0 bridgehead atoms. The zero-order chi connectivity index (χ0) is 19.7. The molecule has 0 aliphatic heterocycles. The van der Waals surface area contributed by atoms with Gasteiger partial charge in [0.1, 0.15) is 11.3 Å². The first-order valence-electron chi connectivity index (χ1n) is 8.42. The van der Waals surface area contributed by atoms with Gasteiger partial charge in [-0.3, -0.25) is 14.4 Å². The monoisotopic (exact) mass is 443 g/mol. The molecule has 0 unspecified atom stereocenters. The lowest BCUT2D eigenvalue weighted by molar-refractivity contribution is 0.0979. The standard InChI is InChI=1S/C18H22ClN5O2S.ClH/c1-11-10-13(21-23(11)4)17(25)24(9-8-22(2)3)18-20-15-14(26-5)7-6-12(19)16(15)27-18;/h6-7,10H,8-9H2,1-5H3;1H. The zero-order valence-electron chi connectivity index (χ0n) is 16.4. The number of aromatic nitrogens is 3. The number of hydrogen-bond acceptors (Lipinski definition) is 6. The molecule has 2 heterocycles. The van der Waals surface area contributed by atoms with E-state index in [2.05, 4.69) is 10.1 Å². The second-order valence-corrected chi connectivity index (χ2v) is 7.86. The first-order chi connectivity index (χ1) is 12.8. The topological polar surface area (TPSA) is 63.5 Å². The molecule has 2 aromatic heterocycles. The summed E-state index contributed by atoms with van der Waals surface area (Å²) in [6, 6.07) is 5.34. The Bertz CT molecular complexity index is 966. The third kappa shape index (κ3) is 4.41. The van der Waals surface area contributed by atoms with Crippen LogP contribution in [0.5, 0.6) is 5.75 Å². The molecule has 10 heteroatoms. The van der Waals surface area contributed by atoms with Gasteiger partial charge in [-0.05, 0) is 39.2 Å². The molecule has 152 valence electrons. The summed E-state index contributed by atoms with van der Waals surface area (Å²) >= 11 is 7.72. The fraction of sp³-hybridized carbons (Fsp3) is 0.389. The van der Waals surface area contributed by atoms with Crippen LogP contribution >= 0.6 is 35.3 Å². The van der Waals surface area contributed by atoms with E-state index in [0.717, 1.165) is 10.4 Å². The van der Waals surface area contributed by atoms with Crippen LogP contribution in [0.4, 0.5) is 5.13 Å². The van der Waals surface area contributed by atoms with Crippen molar-refractivity contribution in [1.82, 2.24) is 19.7 Å². The van der Waals surface area contributed by atoms with E-state index in [9.17, 15) is 4.79 Å². The fourth-order valence-corrected chi connectivity index (χ4v) is 3.89. The van der Waals surface area contributed by atoms with Crippen LogP contribution in [0.25, 0.3) is 10.2 Å². The van der Waals surface area contributed by atoms with Gasteiger partial charge in [0.15, 0.2) is 10.8 Å². The van der Waals surface area contributed by atoms with Crippen LogP contribution in [0.3, 0.4) is 0 Å². The second kappa shape index (κ2) is 9.09. The van der Waals surface area contributed by atoms with Gasteiger partial charge in [0.05, 0.1) is 16.8 Å². The first-order valence-corrected chi connectivity index (χ1v) is 9.61. The number of ether oxygens (including phenoxy) is 1. The Morgan fingerprint density at radius 1 is 1.32 bits per heavy atom. The summed E-state index contributed by atoms with van der Waals surface area (Å²) < 4.78 is 7.88. The number of rotatable bonds is 6. The first kappa shape index (κ1) is 22.4. The summed E-state index contributed by atoms with van der Waals surface area (Å²) in [7, 11) is 7.34. The average Bonchev–Trinajstić information content (AvgIpc) is 3.20. The highest BCUT2D eigenvalue weighted by atomic mass is 35.5. The van der Waals surface area contributed by atoms with E-state index in [1.165, 1.54) is 11.3 Å². The van der Waals surface area contributed by atoms with Gasteiger partial charge in [-0.15, -0.1) is 12.4 Å².